The molecule has 0 aliphatic heterocycles. The third-order valence-corrected chi connectivity index (χ3v) is 3.86. The van der Waals surface area contributed by atoms with E-state index in [2.05, 4.69) is 15.6 Å². The smallest absolute Gasteiger partial charge is 0.420 e. The second-order valence-electron chi connectivity index (χ2n) is 5.89. The zero-order valence-corrected chi connectivity index (χ0v) is 15.8. The highest BCUT2D eigenvalue weighted by molar-refractivity contribution is 5.79. The Morgan fingerprint density at radius 2 is 1.83 bits per heavy atom. The van der Waals surface area contributed by atoms with Gasteiger partial charge in [-0.05, 0) is 29.8 Å². The van der Waals surface area contributed by atoms with Crippen LogP contribution in [0.3, 0.4) is 0 Å². The van der Waals surface area contributed by atoms with Crippen molar-refractivity contribution in [3.8, 4) is 0 Å². The molecule has 2 heterocycles. The van der Waals surface area contributed by atoms with Crippen LogP contribution in [0.15, 0.2) is 51.8 Å². The quantitative estimate of drug-likeness (QED) is 0.378. The summed E-state index contributed by atoms with van der Waals surface area (Å²) in [5.41, 5.74) is 2.36. The van der Waals surface area contributed by atoms with E-state index in [9.17, 15) is 14.4 Å². The molecule has 0 unspecified atom stereocenters. The Labute approximate surface area is 170 Å². The van der Waals surface area contributed by atoms with Crippen LogP contribution in [0.5, 0.6) is 0 Å². The molecule has 0 aliphatic carbocycles. The van der Waals surface area contributed by atoms with Gasteiger partial charge in [0.15, 0.2) is 5.58 Å². The summed E-state index contributed by atoms with van der Waals surface area (Å²) in [4.78, 5) is 47.7. The van der Waals surface area contributed by atoms with Crippen LogP contribution in [0.25, 0.3) is 11.1 Å². The molecule has 0 bridgehead atoms. The third-order valence-electron chi connectivity index (χ3n) is 3.86. The number of carbonyl (C=O) groups excluding carboxylic acids is 2. The van der Waals surface area contributed by atoms with E-state index < -0.39 is 18.3 Å². The van der Waals surface area contributed by atoms with Crippen LogP contribution in [0, 0.1) is 0 Å². The summed E-state index contributed by atoms with van der Waals surface area (Å²) in [6.07, 6.45) is 1.57. The van der Waals surface area contributed by atoms with Crippen molar-refractivity contribution in [1.82, 2.24) is 20.2 Å². The maximum Gasteiger partial charge on any atom is 0.420 e. The number of aromatic nitrogens is 2. The highest BCUT2D eigenvalue weighted by Gasteiger charge is 2.12. The van der Waals surface area contributed by atoms with Crippen LogP contribution in [-0.4, -0.2) is 44.7 Å². The molecule has 11 nitrogen and oxygen atoms in total. The van der Waals surface area contributed by atoms with Gasteiger partial charge in [-0.15, -0.1) is 0 Å². The fourth-order valence-electron chi connectivity index (χ4n) is 2.54. The van der Waals surface area contributed by atoms with Crippen LogP contribution >= 0.6 is 0 Å². The number of fused-ring (bicyclic) bond motifs is 1. The van der Waals surface area contributed by atoms with Gasteiger partial charge in [0.05, 0.1) is 17.8 Å². The average Bonchev–Trinajstić information content (AvgIpc) is 3.06. The minimum absolute atomic E-state index is 0.165. The number of rotatable bonds is 7. The zero-order valence-electron chi connectivity index (χ0n) is 15.8. The van der Waals surface area contributed by atoms with Gasteiger partial charge in [-0.25, -0.2) is 4.79 Å². The van der Waals surface area contributed by atoms with Crippen LogP contribution in [0.1, 0.15) is 11.3 Å². The maximum absolute atomic E-state index is 12.2. The summed E-state index contributed by atoms with van der Waals surface area (Å²) in [5, 5.41) is 20.8. The molecule has 0 saturated carbocycles. The molecular formula is C19H20N4O7. The minimum atomic E-state index is -0.592. The number of hydrogen-bond acceptors (Lipinski definition) is 7. The third kappa shape index (κ3) is 6.27. The Balaban J connectivity index is 0.00000101. The second kappa shape index (κ2) is 11.1. The van der Waals surface area contributed by atoms with Crippen molar-refractivity contribution in [2.75, 3.05) is 6.61 Å². The van der Waals surface area contributed by atoms with E-state index in [1.807, 2.05) is 0 Å². The molecule has 2 amide bonds. The van der Waals surface area contributed by atoms with E-state index in [-0.39, 0.29) is 32.0 Å². The van der Waals surface area contributed by atoms with Gasteiger partial charge in [-0.2, -0.15) is 0 Å². The molecule has 3 aromatic rings. The number of benzene rings is 1. The van der Waals surface area contributed by atoms with Gasteiger partial charge < -0.3 is 25.3 Å². The molecule has 0 saturated heterocycles. The molecule has 1 aromatic carbocycles. The molecule has 0 spiro atoms. The zero-order chi connectivity index (χ0) is 21.9. The van der Waals surface area contributed by atoms with Crippen molar-refractivity contribution < 1.29 is 29.0 Å². The predicted molar refractivity (Wildman–Crippen MR) is 104 cm³/mol. The highest BCUT2D eigenvalue weighted by atomic mass is 16.4. The molecule has 11 heteroatoms. The Morgan fingerprint density at radius 3 is 2.57 bits per heavy atom. The lowest BCUT2D eigenvalue weighted by molar-refractivity contribution is -0.124. The summed E-state index contributed by atoms with van der Waals surface area (Å²) in [6.45, 7) is -0.567. The molecule has 0 aliphatic rings. The van der Waals surface area contributed by atoms with Crippen LogP contribution in [0.4, 0.5) is 0 Å². The number of aliphatic hydroxyl groups is 1. The molecule has 4 N–H and O–H groups in total. The number of nitrogens with one attached hydrogen (secondary N) is 2. The minimum Gasteiger partial charge on any atom is -0.483 e. The van der Waals surface area contributed by atoms with E-state index in [1.54, 1.807) is 42.6 Å². The molecular weight excluding hydrogens is 396 g/mol. The summed E-state index contributed by atoms with van der Waals surface area (Å²) in [6, 6.07) is 10.3. The SMILES string of the molecule is O=C(CO)NCc1ccnc(CNC(=O)Cn2c(=O)oc3ccccc32)c1.O=CO. The summed E-state index contributed by atoms with van der Waals surface area (Å²) >= 11 is 0. The van der Waals surface area contributed by atoms with Crippen LogP contribution in [0.2, 0.25) is 0 Å². The molecule has 158 valence electrons. The molecule has 0 fully saturated rings. The van der Waals surface area contributed by atoms with Crippen LogP contribution in [-0.2, 0) is 34.0 Å². The lowest BCUT2D eigenvalue weighted by Crippen LogP contribution is -2.30. The van der Waals surface area contributed by atoms with Gasteiger partial charge in [-0.1, -0.05) is 12.1 Å². The van der Waals surface area contributed by atoms with E-state index >= 15 is 0 Å². The highest BCUT2D eigenvalue weighted by Crippen LogP contribution is 2.11. The normalized spacial score (nSPS) is 10.0. The molecule has 3 rings (SSSR count). The van der Waals surface area contributed by atoms with Gasteiger partial charge in [-0.3, -0.25) is 23.9 Å². The first-order chi connectivity index (χ1) is 14.5. The maximum atomic E-state index is 12.2. The number of carbonyl (C=O) groups is 3. The Hall–Kier alpha value is -3.99. The Morgan fingerprint density at radius 1 is 1.13 bits per heavy atom. The molecule has 2 aromatic heterocycles. The first kappa shape index (κ1) is 22.3. The van der Waals surface area contributed by atoms with E-state index in [0.717, 1.165) is 5.56 Å². The van der Waals surface area contributed by atoms with Gasteiger partial charge in [0.1, 0.15) is 13.2 Å². The number of amides is 2. The number of oxazole rings is 1. The Bertz CT molecular complexity index is 1070. The van der Waals surface area contributed by atoms with Gasteiger partial charge >= 0.3 is 5.76 Å². The van der Waals surface area contributed by atoms with E-state index in [4.69, 9.17) is 19.4 Å². The standard InChI is InChI=1S/C18H18N4O5.CH2O2/c23-11-17(25)20-8-12-5-6-19-13(7-12)9-21-16(24)10-22-14-3-1-2-4-15(14)27-18(22)26;2-1-3/h1-7,23H,8-11H2,(H,20,25)(H,21,24);1H,(H,2,3). The van der Waals surface area contributed by atoms with Crippen molar-refractivity contribution >= 4 is 29.4 Å². The van der Waals surface area contributed by atoms with Gasteiger partial charge in [0.25, 0.3) is 6.47 Å². The number of para-hydroxylation sites is 2. The lowest BCUT2D eigenvalue weighted by atomic mass is 10.2. The first-order valence-electron chi connectivity index (χ1n) is 8.72. The van der Waals surface area contributed by atoms with Crippen molar-refractivity contribution in [1.29, 1.82) is 0 Å². The lowest BCUT2D eigenvalue weighted by Gasteiger charge is -2.08. The van der Waals surface area contributed by atoms with E-state index in [0.29, 0.717) is 16.8 Å². The second-order valence-corrected chi connectivity index (χ2v) is 5.89. The first-order valence-corrected chi connectivity index (χ1v) is 8.72. The fourth-order valence-corrected chi connectivity index (χ4v) is 2.54. The van der Waals surface area contributed by atoms with Crippen molar-refractivity contribution in [2.45, 2.75) is 19.6 Å². The largest absolute Gasteiger partial charge is 0.483 e. The average molecular weight is 416 g/mol. The molecule has 0 atom stereocenters. The fraction of sp³-hybridized carbons (Fsp3) is 0.211. The Kier molecular flexibility index (Phi) is 8.27. The van der Waals surface area contributed by atoms with E-state index in [1.165, 1.54) is 4.57 Å². The number of hydrogen-bond donors (Lipinski definition) is 4. The van der Waals surface area contributed by atoms with Crippen LogP contribution < -0.4 is 16.4 Å². The van der Waals surface area contributed by atoms with Gasteiger partial charge in [0, 0.05) is 12.7 Å². The number of carboxylic acid groups (broad SMARTS) is 1. The monoisotopic (exact) mass is 416 g/mol. The number of aliphatic hydroxyl groups excluding tert-OH is 1. The summed E-state index contributed by atoms with van der Waals surface area (Å²) in [7, 11) is 0. The van der Waals surface area contributed by atoms with Crippen molar-refractivity contribution in [3.63, 3.8) is 0 Å². The summed E-state index contributed by atoms with van der Waals surface area (Å²) < 4.78 is 6.36. The van der Waals surface area contributed by atoms with Crippen molar-refractivity contribution in [3.05, 3.63) is 64.4 Å². The summed E-state index contributed by atoms with van der Waals surface area (Å²) in [5.74, 6) is -1.42. The number of nitrogens with zero attached hydrogens (tertiary/aromatic N) is 2. The number of pyridine rings is 1. The molecule has 0 radical (unpaired) electrons. The van der Waals surface area contributed by atoms with Gasteiger partial charge in [0.2, 0.25) is 11.8 Å². The van der Waals surface area contributed by atoms with Crippen molar-refractivity contribution in [2.24, 2.45) is 0 Å². The predicted octanol–water partition coefficient (Wildman–Crippen LogP) is -0.385. The topological polar surface area (TPSA) is 164 Å². The molecule has 30 heavy (non-hydrogen) atoms.